The van der Waals surface area contributed by atoms with Gasteiger partial charge in [0, 0.05) is 0 Å². The molecule has 8 heteroatoms. The molecule has 0 unspecified atom stereocenters. The number of hydrogen-bond acceptors (Lipinski definition) is 4. The monoisotopic (exact) mass is 531 g/mol. The number of carbonyl (C=O) groups excluding carboxylic acids is 2. The number of fused-ring (bicyclic) bond motifs is 2. The van der Waals surface area contributed by atoms with Crippen molar-refractivity contribution in [2.24, 2.45) is 0 Å². The van der Waals surface area contributed by atoms with Crippen LogP contribution in [0.1, 0.15) is 4.44 Å². The van der Waals surface area contributed by atoms with Crippen molar-refractivity contribution in [2.45, 2.75) is 0 Å². The van der Waals surface area contributed by atoms with Crippen LogP contribution in [0.15, 0.2) is 66.2 Å². The number of amides is 2. The predicted octanol–water partition coefficient (Wildman–Crippen LogP) is 1.10. The molecule has 1 aromatic heterocycles. The summed E-state index contributed by atoms with van der Waals surface area (Å²) in [6, 6.07) is 21.1. The van der Waals surface area contributed by atoms with Gasteiger partial charge in [0.25, 0.3) is 0 Å². The second-order valence-corrected chi connectivity index (χ2v) is 11.3. The van der Waals surface area contributed by atoms with Crippen LogP contribution >= 0.6 is 12.2 Å². The van der Waals surface area contributed by atoms with Crippen LogP contribution in [0.4, 0.5) is 15.9 Å². The van der Waals surface area contributed by atoms with E-state index in [4.69, 9.17) is 12.2 Å². The van der Waals surface area contributed by atoms with Gasteiger partial charge in [-0.25, -0.2) is 0 Å². The number of nitrogens with zero attached hydrogens (tertiary/aromatic N) is 1. The zero-order valence-electron chi connectivity index (χ0n) is 14.8. The second kappa shape index (κ2) is 7.41. The third-order valence-electron chi connectivity index (χ3n) is 4.50. The zero-order chi connectivity index (χ0) is 20.0. The van der Waals surface area contributed by atoms with Crippen molar-refractivity contribution in [3.8, 4) is 0 Å². The van der Waals surface area contributed by atoms with Crippen LogP contribution in [0, 0.1) is 0 Å². The molecule has 0 atom stereocenters. The SMILES string of the molecule is O=C1NC(=S)NC(=O)C1=Cc1ccc(N2c3ccccc3[Se]c3ccccc32)[se]1. The van der Waals surface area contributed by atoms with E-state index < -0.39 is 11.8 Å². The van der Waals surface area contributed by atoms with Gasteiger partial charge in [-0.05, 0) is 0 Å². The molecule has 5 rings (SSSR count). The Balaban J connectivity index is 1.56. The molecule has 2 amide bonds. The molecule has 2 aliphatic rings. The van der Waals surface area contributed by atoms with Crippen LogP contribution in [-0.4, -0.2) is 46.4 Å². The van der Waals surface area contributed by atoms with Crippen molar-refractivity contribution in [3.05, 3.63) is 70.7 Å². The fraction of sp³-hybridized carbons (Fsp3) is 0. The molecule has 2 N–H and O–H groups in total. The summed E-state index contributed by atoms with van der Waals surface area (Å²) >= 11 is 5.08. The minimum absolute atomic E-state index is 0.0456. The number of benzene rings is 2. The van der Waals surface area contributed by atoms with Crippen LogP contribution in [0.2, 0.25) is 0 Å². The van der Waals surface area contributed by atoms with E-state index in [2.05, 4.69) is 70.1 Å². The number of anilines is 3. The van der Waals surface area contributed by atoms with Gasteiger partial charge in [-0.15, -0.1) is 0 Å². The average Bonchev–Trinajstić information content (AvgIpc) is 3.17. The Bertz CT molecular complexity index is 1150. The van der Waals surface area contributed by atoms with Crippen LogP contribution in [0.25, 0.3) is 6.08 Å². The summed E-state index contributed by atoms with van der Waals surface area (Å²) in [5.74, 6) is -0.916. The molecule has 0 saturated carbocycles. The first-order chi connectivity index (χ1) is 14.1. The van der Waals surface area contributed by atoms with Gasteiger partial charge < -0.3 is 0 Å². The molecule has 0 aliphatic carbocycles. The Morgan fingerprint density at radius 3 is 2.03 bits per heavy atom. The van der Waals surface area contributed by atoms with Gasteiger partial charge in [0.05, 0.1) is 0 Å². The molecule has 0 spiro atoms. The molecule has 29 heavy (non-hydrogen) atoms. The molecule has 2 aliphatic heterocycles. The Morgan fingerprint density at radius 1 is 0.828 bits per heavy atom. The van der Waals surface area contributed by atoms with E-state index in [0.29, 0.717) is 0 Å². The fourth-order valence-electron chi connectivity index (χ4n) is 3.23. The van der Waals surface area contributed by atoms with Gasteiger partial charge in [0.1, 0.15) is 0 Å². The molecule has 3 heterocycles. The first kappa shape index (κ1) is 18.6. The topological polar surface area (TPSA) is 61.4 Å². The van der Waals surface area contributed by atoms with Gasteiger partial charge in [0.15, 0.2) is 0 Å². The van der Waals surface area contributed by atoms with E-state index in [1.54, 1.807) is 6.08 Å². The Kier molecular flexibility index (Phi) is 4.74. The summed E-state index contributed by atoms with van der Waals surface area (Å²) in [6.45, 7) is 0. The molecule has 1 fully saturated rings. The van der Waals surface area contributed by atoms with Gasteiger partial charge in [-0.1, -0.05) is 0 Å². The molecule has 3 aromatic rings. The summed E-state index contributed by atoms with van der Waals surface area (Å²) in [5.41, 5.74) is 2.50. The minimum atomic E-state index is -0.458. The number of rotatable bonds is 2. The second-order valence-electron chi connectivity index (χ2n) is 6.34. The van der Waals surface area contributed by atoms with Crippen LogP contribution in [0.3, 0.4) is 0 Å². The quantitative estimate of drug-likeness (QED) is 0.177. The molecule has 142 valence electrons. The van der Waals surface area contributed by atoms with E-state index in [9.17, 15) is 9.59 Å². The predicted molar refractivity (Wildman–Crippen MR) is 120 cm³/mol. The van der Waals surface area contributed by atoms with Crippen LogP contribution < -0.4 is 24.5 Å². The Hall–Kier alpha value is -2.47. The number of carbonyl (C=O) groups is 2. The Labute approximate surface area is 184 Å². The fourth-order valence-corrected chi connectivity index (χ4v) is 7.69. The number of nitrogens with one attached hydrogen (secondary N) is 2. The molecular weight excluding hydrogens is 516 g/mol. The summed E-state index contributed by atoms with van der Waals surface area (Å²) in [7, 11) is 0. The van der Waals surface area contributed by atoms with Gasteiger partial charge in [-0.2, -0.15) is 0 Å². The van der Waals surface area contributed by atoms with Crippen LogP contribution in [0.5, 0.6) is 0 Å². The number of para-hydroxylation sites is 2. The van der Waals surface area contributed by atoms with E-state index in [1.165, 1.54) is 24.9 Å². The van der Waals surface area contributed by atoms with Crippen LogP contribution in [-0.2, 0) is 9.59 Å². The normalized spacial score (nSPS) is 15.4. The summed E-state index contributed by atoms with van der Waals surface area (Å²) in [5, 5.41) is 5.01. The van der Waals surface area contributed by atoms with Crippen molar-refractivity contribution < 1.29 is 9.59 Å². The van der Waals surface area contributed by atoms with Gasteiger partial charge in [0.2, 0.25) is 0 Å². The van der Waals surface area contributed by atoms with Crippen molar-refractivity contribution in [3.63, 3.8) is 0 Å². The number of thiocarbonyl (C=S) groups is 1. The molecule has 1 saturated heterocycles. The molecule has 0 bridgehead atoms. The number of hydrogen-bond donors (Lipinski definition) is 2. The van der Waals surface area contributed by atoms with E-state index in [-0.39, 0.29) is 40.1 Å². The maximum atomic E-state index is 12.1. The molecular formula is C21H13N3O2SSe2. The van der Waals surface area contributed by atoms with Gasteiger partial charge >= 0.3 is 185 Å². The summed E-state index contributed by atoms with van der Waals surface area (Å²) < 4.78 is 4.84. The molecule has 5 nitrogen and oxygen atoms in total. The molecule has 2 aromatic carbocycles. The van der Waals surface area contributed by atoms with Crippen molar-refractivity contribution >= 4 is 89.5 Å². The zero-order valence-corrected chi connectivity index (χ0v) is 19.1. The summed E-state index contributed by atoms with van der Waals surface area (Å²) in [6.07, 6.45) is 1.67. The van der Waals surface area contributed by atoms with E-state index in [1.807, 2.05) is 6.07 Å². The van der Waals surface area contributed by atoms with Crippen molar-refractivity contribution in [1.82, 2.24) is 10.6 Å². The maximum absolute atomic E-state index is 12.1. The van der Waals surface area contributed by atoms with Crippen molar-refractivity contribution in [2.75, 3.05) is 4.90 Å². The van der Waals surface area contributed by atoms with E-state index >= 15 is 0 Å². The first-order valence-corrected chi connectivity index (χ1v) is 12.6. The molecule has 0 radical (unpaired) electrons. The third kappa shape index (κ3) is 3.39. The summed E-state index contributed by atoms with van der Waals surface area (Å²) in [4.78, 5) is 26.6. The van der Waals surface area contributed by atoms with E-state index in [0.717, 1.165) is 4.44 Å². The standard InChI is InChI=1S/C21H13N3O2SSe2/c25-19-13(20(26)23-21(27)22-19)11-12-9-10-18(28-12)24-14-5-1-3-7-16(14)29-17-8-4-2-6-15(17)24/h1-11H,(H2,22,23,25,26,27). The Morgan fingerprint density at radius 2 is 1.41 bits per heavy atom. The van der Waals surface area contributed by atoms with Crippen molar-refractivity contribution in [1.29, 1.82) is 0 Å². The van der Waals surface area contributed by atoms with Gasteiger partial charge in [-0.3, -0.25) is 0 Å². The average molecular weight is 529 g/mol. The first-order valence-electron chi connectivity index (χ1n) is 8.74. The third-order valence-corrected chi connectivity index (χ3v) is 9.21.